The number of aromatic nitrogens is 3. The molecule has 0 amide bonds. The first-order chi connectivity index (χ1) is 16.7. The molecule has 12 heteroatoms. The predicted molar refractivity (Wildman–Crippen MR) is 130 cm³/mol. The van der Waals surface area contributed by atoms with Crippen molar-refractivity contribution < 1.29 is 18.1 Å². The smallest absolute Gasteiger partial charge is 0.270 e. The zero-order valence-corrected chi connectivity index (χ0v) is 19.4. The number of rotatable bonds is 6. The number of benzene rings is 2. The topological polar surface area (TPSA) is 151 Å². The van der Waals surface area contributed by atoms with Crippen molar-refractivity contribution in [2.24, 2.45) is 5.14 Å². The number of thiophene rings is 1. The molecule has 0 radical (unpaired) electrons. The number of nitrogens with two attached hydrogens (primary N) is 1. The second-order valence-electron chi connectivity index (χ2n) is 7.49. The van der Waals surface area contributed by atoms with E-state index in [1.54, 1.807) is 48.7 Å². The van der Waals surface area contributed by atoms with Crippen molar-refractivity contribution in [1.82, 2.24) is 14.6 Å². The Kier molecular flexibility index (Phi) is 5.47. The lowest BCUT2D eigenvalue weighted by Crippen LogP contribution is -2.13. The third kappa shape index (κ3) is 4.10. The van der Waals surface area contributed by atoms with Gasteiger partial charge in [0.25, 0.3) is 5.69 Å². The molecular formula is C23H15N5O5S2. The molecule has 2 N–H and O–H groups in total. The van der Waals surface area contributed by atoms with Crippen molar-refractivity contribution in [2.75, 3.05) is 0 Å². The van der Waals surface area contributed by atoms with Crippen molar-refractivity contribution in [1.29, 1.82) is 0 Å². The molecule has 35 heavy (non-hydrogen) atoms. The fourth-order valence-electron chi connectivity index (χ4n) is 3.76. The van der Waals surface area contributed by atoms with Gasteiger partial charge in [0.2, 0.25) is 15.8 Å². The SMILES string of the molecule is NS(=O)(=O)c1ccc([N+](=O)[O-])cc1-c1cccc(-c2ccnc3c(C(=O)c4cccs4)cnn23)c1. The maximum Gasteiger partial charge on any atom is 0.270 e. The molecule has 0 aliphatic heterocycles. The molecule has 0 aliphatic carbocycles. The Bertz CT molecular complexity index is 1730. The fraction of sp³-hybridized carbons (Fsp3) is 0. The molecule has 5 aromatic rings. The van der Waals surface area contributed by atoms with Crippen LogP contribution in [-0.2, 0) is 10.0 Å². The van der Waals surface area contributed by atoms with E-state index in [1.165, 1.54) is 28.1 Å². The van der Waals surface area contributed by atoms with Gasteiger partial charge in [-0.3, -0.25) is 14.9 Å². The third-order valence-electron chi connectivity index (χ3n) is 5.34. The van der Waals surface area contributed by atoms with Crippen LogP contribution in [0.3, 0.4) is 0 Å². The van der Waals surface area contributed by atoms with Crippen LogP contribution in [0.15, 0.2) is 83.3 Å². The molecule has 5 rings (SSSR count). The maximum atomic E-state index is 12.9. The molecule has 0 bridgehead atoms. The Labute approximate surface area is 202 Å². The minimum absolute atomic E-state index is 0.0999. The van der Waals surface area contributed by atoms with E-state index in [-0.39, 0.29) is 21.9 Å². The van der Waals surface area contributed by atoms with E-state index < -0.39 is 14.9 Å². The molecule has 3 heterocycles. The lowest BCUT2D eigenvalue weighted by atomic mass is 10.0. The summed E-state index contributed by atoms with van der Waals surface area (Å²) in [6, 6.07) is 15.4. The Morgan fingerprint density at radius 1 is 1.06 bits per heavy atom. The highest BCUT2D eigenvalue weighted by atomic mass is 32.2. The molecule has 0 aliphatic rings. The van der Waals surface area contributed by atoms with Crippen LogP contribution in [0.25, 0.3) is 28.0 Å². The summed E-state index contributed by atoms with van der Waals surface area (Å²) < 4.78 is 25.8. The Balaban J connectivity index is 1.66. The van der Waals surface area contributed by atoms with Crippen molar-refractivity contribution in [3.05, 3.63) is 99.0 Å². The van der Waals surface area contributed by atoms with E-state index in [2.05, 4.69) is 10.1 Å². The van der Waals surface area contributed by atoms with Crippen molar-refractivity contribution in [3.63, 3.8) is 0 Å². The Morgan fingerprint density at radius 3 is 2.57 bits per heavy atom. The molecular weight excluding hydrogens is 490 g/mol. The largest absolute Gasteiger partial charge is 0.287 e. The standard InChI is InChI=1S/C23H15N5O5S2/c24-35(32,33)21-7-6-16(28(30)31)12-17(21)14-3-1-4-15(11-14)19-8-9-25-23-18(13-26-27(19)23)22(29)20-5-2-10-34-20/h1-13H,(H2,24,32,33). The van der Waals surface area contributed by atoms with Crippen LogP contribution >= 0.6 is 11.3 Å². The van der Waals surface area contributed by atoms with E-state index in [0.717, 1.165) is 12.1 Å². The zero-order chi connectivity index (χ0) is 24.7. The highest BCUT2D eigenvalue weighted by molar-refractivity contribution is 7.89. The Morgan fingerprint density at radius 2 is 1.86 bits per heavy atom. The summed E-state index contributed by atoms with van der Waals surface area (Å²) in [5.41, 5.74) is 2.16. The molecule has 0 saturated heterocycles. The van der Waals surface area contributed by atoms with Gasteiger partial charge in [-0.15, -0.1) is 11.3 Å². The molecule has 10 nitrogen and oxygen atoms in total. The van der Waals surface area contributed by atoms with Gasteiger partial charge < -0.3 is 0 Å². The van der Waals surface area contributed by atoms with E-state index in [9.17, 15) is 23.3 Å². The van der Waals surface area contributed by atoms with Gasteiger partial charge in [-0.25, -0.2) is 23.1 Å². The first-order valence-corrected chi connectivity index (χ1v) is 12.5. The van der Waals surface area contributed by atoms with E-state index >= 15 is 0 Å². The summed E-state index contributed by atoms with van der Waals surface area (Å²) in [4.78, 5) is 28.2. The van der Waals surface area contributed by atoms with Crippen LogP contribution in [-0.4, -0.2) is 33.7 Å². The van der Waals surface area contributed by atoms with Gasteiger partial charge >= 0.3 is 0 Å². The summed E-state index contributed by atoms with van der Waals surface area (Å²) >= 11 is 1.32. The normalized spacial score (nSPS) is 11.6. The summed E-state index contributed by atoms with van der Waals surface area (Å²) in [5.74, 6) is -0.192. The number of non-ortho nitro benzene ring substituents is 1. The molecule has 0 spiro atoms. The summed E-state index contributed by atoms with van der Waals surface area (Å²) in [5, 5.41) is 22.8. The van der Waals surface area contributed by atoms with Crippen molar-refractivity contribution in [2.45, 2.75) is 4.90 Å². The quantitative estimate of drug-likeness (QED) is 0.209. The van der Waals surface area contributed by atoms with E-state index in [0.29, 0.717) is 32.9 Å². The maximum absolute atomic E-state index is 12.9. The van der Waals surface area contributed by atoms with E-state index in [4.69, 9.17) is 5.14 Å². The average molecular weight is 506 g/mol. The molecule has 174 valence electrons. The molecule has 0 atom stereocenters. The van der Waals surface area contributed by atoms with Crippen LogP contribution in [0.5, 0.6) is 0 Å². The molecule has 0 saturated carbocycles. The number of fused-ring (bicyclic) bond motifs is 1. The summed E-state index contributed by atoms with van der Waals surface area (Å²) in [7, 11) is -4.15. The summed E-state index contributed by atoms with van der Waals surface area (Å²) in [6.45, 7) is 0. The van der Waals surface area contributed by atoms with Gasteiger partial charge in [0.15, 0.2) is 5.65 Å². The molecule has 3 aromatic heterocycles. The predicted octanol–water partition coefficient (Wildman–Crippen LogP) is 3.91. The lowest BCUT2D eigenvalue weighted by Gasteiger charge is -2.11. The molecule has 0 unspecified atom stereocenters. The number of carbonyl (C=O) groups is 1. The fourth-order valence-corrected chi connectivity index (χ4v) is 5.18. The number of sulfonamides is 1. The van der Waals surface area contributed by atoms with Crippen LogP contribution in [0.2, 0.25) is 0 Å². The van der Waals surface area contributed by atoms with Crippen molar-refractivity contribution in [3.8, 4) is 22.4 Å². The van der Waals surface area contributed by atoms with E-state index in [1.807, 2.05) is 5.38 Å². The van der Waals surface area contributed by atoms with Crippen LogP contribution < -0.4 is 5.14 Å². The monoisotopic (exact) mass is 505 g/mol. The minimum Gasteiger partial charge on any atom is -0.287 e. The van der Waals surface area contributed by atoms with Crippen LogP contribution in [0, 0.1) is 10.1 Å². The second kappa shape index (κ2) is 8.51. The Hall–Kier alpha value is -4.26. The second-order valence-corrected chi connectivity index (χ2v) is 9.97. The van der Waals surface area contributed by atoms with Gasteiger partial charge in [0, 0.05) is 29.5 Å². The summed E-state index contributed by atoms with van der Waals surface area (Å²) in [6.07, 6.45) is 3.00. The van der Waals surface area contributed by atoms with Crippen molar-refractivity contribution >= 4 is 38.5 Å². The number of primary sulfonamides is 1. The van der Waals surface area contributed by atoms with Gasteiger partial charge in [-0.1, -0.05) is 24.3 Å². The van der Waals surface area contributed by atoms with Crippen LogP contribution in [0.1, 0.15) is 15.2 Å². The third-order valence-corrected chi connectivity index (χ3v) is 7.18. The number of nitrogens with zero attached hydrogens (tertiary/aromatic N) is 4. The van der Waals surface area contributed by atoms with Gasteiger partial charge in [0.1, 0.15) is 0 Å². The van der Waals surface area contributed by atoms with Gasteiger partial charge in [-0.05, 0) is 35.2 Å². The number of ketones is 1. The lowest BCUT2D eigenvalue weighted by molar-refractivity contribution is -0.384. The first kappa shape index (κ1) is 22.5. The number of nitro groups is 1. The van der Waals surface area contributed by atoms with Gasteiger partial charge in [0.05, 0.1) is 32.2 Å². The minimum atomic E-state index is -4.15. The number of hydrogen-bond acceptors (Lipinski definition) is 8. The van der Waals surface area contributed by atoms with Gasteiger partial charge in [-0.2, -0.15) is 5.10 Å². The number of hydrogen-bond donors (Lipinski definition) is 1. The first-order valence-electron chi connectivity index (χ1n) is 10.1. The molecule has 2 aromatic carbocycles. The highest BCUT2D eigenvalue weighted by Gasteiger charge is 2.21. The number of nitro benzene ring substituents is 1. The zero-order valence-electron chi connectivity index (χ0n) is 17.7. The highest BCUT2D eigenvalue weighted by Crippen LogP contribution is 2.33. The number of carbonyl (C=O) groups excluding carboxylic acids is 1. The average Bonchev–Trinajstić information content (AvgIpc) is 3.53. The molecule has 0 fully saturated rings. The van der Waals surface area contributed by atoms with Crippen LogP contribution in [0.4, 0.5) is 5.69 Å².